The Hall–Kier alpha value is -2.50. The lowest BCUT2D eigenvalue weighted by atomic mass is 10.3. The highest BCUT2D eigenvalue weighted by Crippen LogP contribution is 2.18. The molecule has 1 aromatic carbocycles. The lowest BCUT2D eigenvalue weighted by Gasteiger charge is -2.02. The van der Waals surface area contributed by atoms with Crippen molar-refractivity contribution >= 4 is 16.7 Å². The fourth-order valence-electron chi connectivity index (χ4n) is 1.81. The maximum absolute atomic E-state index is 5.89. The second-order valence-electron chi connectivity index (χ2n) is 4.10. The van der Waals surface area contributed by atoms with Crippen molar-refractivity contribution in [2.45, 2.75) is 13.8 Å². The molecule has 0 radical (unpaired) electrons. The average Bonchev–Trinajstić information content (AvgIpc) is 2.66. The second kappa shape index (κ2) is 3.76. The Morgan fingerprint density at radius 3 is 2.44 bits per heavy atom. The number of aromatic nitrogens is 5. The van der Waals surface area contributed by atoms with Crippen LogP contribution in [-0.4, -0.2) is 25.0 Å². The molecule has 0 saturated carbocycles. The SMILES string of the molecule is Cc1nn(-c2nnc3ccccc3n2)c(C)c1N. The maximum atomic E-state index is 5.89. The third kappa shape index (κ3) is 1.50. The number of fused-ring (bicyclic) bond motifs is 1. The number of benzene rings is 1. The van der Waals surface area contributed by atoms with E-state index >= 15 is 0 Å². The topological polar surface area (TPSA) is 82.5 Å². The van der Waals surface area contributed by atoms with Gasteiger partial charge in [-0.25, -0.2) is 4.98 Å². The minimum atomic E-state index is 0.436. The number of rotatable bonds is 1. The Morgan fingerprint density at radius 1 is 1.06 bits per heavy atom. The third-order valence-corrected chi connectivity index (χ3v) is 2.89. The number of nitrogens with two attached hydrogens (primary N) is 1. The number of nitrogen functional groups attached to an aromatic ring is 1. The summed E-state index contributed by atoms with van der Waals surface area (Å²) in [6.45, 7) is 3.74. The molecule has 2 N–H and O–H groups in total. The molecule has 0 amide bonds. The summed E-state index contributed by atoms with van der Waals surface area (Å²) in [4.78, 5) is 4.43. The van der Waals surface area contributed by atoms with Crippen LogP contribution in [0.15, 0.2) is 24.3 Å². The van der Waals surface area contributed by atoms with Crippen LogP contribution in [0.2, 0.25) is 0 Å². The summed E-state index contributed by atoms with van der Waals surface area (Å²) in [5.74, 6) is 0.436. The Morgan fingerprint density at radius 2 is 1.78 bits per heavy atom. The zero-order valence-corrected chi connectivity index (χ0v) is 10.1. The number of nitrogens with zero attached hydrogens (tertiary/aromatic N) is 5. The Kier molecular flexibility index (Phi) is 2.22. The molecule has 3 rings (SSSR count). The van der Waals surface area contributed by atoms with Gasteiger partial charge in [0.15, 0.2) is 0 Å². The molecule has 0 atom stereocenters. The molecule has 3 aromatic rings. The molecule has 0 aliphatic carbocycles. The first-order valence-corrected chi connectivity index (χ1v) is 5.58. The van der Waals surface area contributed by atoms with Gasteiger partial charge >= 0.3 is 0 Å². The molecule has 0 unspecified atom stereocenters. The first-order valence-electron chi connectivity index (χ1n) is 5.58. The molecule has 18 heavy (non-hydrogen) atoms. The molecule has 0 aliphatic heterocycles. The van der Waals surface area contributed by atoms with Gasteiger partial charge in [-0.15, -0.1) is 10.2 Å². The molecule has 90 valence electrons. The van der Waals surface area contributed by atoms with Crippen molar-refractivity contribution in [3.63, 3.8) is 0 Å². The first-order chi connectivity index (χ1) is 8.66. The van der Waals surface area contributed by atoms with Gasteiger partial charge in [-0.2, -0.15) is 9.78 Å². The summed E-state index contributed by atoms with van der Waals surface area (Å²) >= 11 is 0. The molecule has 0 aliphatic rings. The second-order valence-corrected chi connectivity index (χ2v) is 4.10. The van der Waals surface area contributed by atoms with Gasteiger partial charge in [-0.05, 0) is 26.0 Å². The van der Waals surface area contributed by atoms with E-state index in [0.29, 0.717) is 11.6 Å². The fraction of sp³-hybridized carbons (Fsp3) is 0.167. The van der Waals surface area contributed by atoms with Crippen LogP contribution in [-0.2, 0) is 0 Å². The molecular formula is C12H12N6. The highest BCUT2D eigenvalue weighted by molar-refractivity contribution is 5.73. The standard InChI is InChI=1S/C12H12N6/c1-7-11(13)8(2)18(17-7)12-14-9-5-3-4-6-10(9)15-16-12/h3-6H,13H2,1-2H3. The Labute approximate surface area is 103 Å². The summed E-state index contributed by atoms with van der Waals surface area (Å²) in [6.07, 6.45) is 0. The average molecular weight is 240 g/mol. The summed E-state index contributed by atoms with van der Waals surface area (Å²) in [7, 11) is 0. The summed E-state index contributed by atoms with van der Waals surface area (Å²) in [5, 5.41) is 12.5. The minimum Gasteiger partial charge on any atom is -0.396 e. The predicted octanol–water partition coefficient (Wildman–Crippen LogP) is 1.41. The van der Waals surface area contributed by atoms with Crippen LogP contribution in [0.3, 0.4) is 0 Å². The quantitative estimate of drug-likeness (QED) is 0.695. The zero-order chi connectivity index (χ0) is 12.7. The van der Waals surface area contributed by atoms with Gasteiger partial charge in [-0.1, -0.05) is 12.1 Å². The Balaban J connectivity index is 2.22. The van der Waals surface area contributed by atoms with Gasteiger partial charge < -0.3 is 5.73 Å². The lowest BCUT2D eigenvalue weighted by molar-refractivity contribution is 0.757. The lowest BCUT2D eigenvalue weighted by Crippen LogP contribution is -2.06. The van der Waals surface area contributed by atoms with E-state index in [-0.39, 0.29) is 0 Å². The van der Waals surface area contributed by atoms with Gasteiger partial charge in [0.1, 0.15) is 5.52 Å². The van der Waals surface area contributed by atoms with Crippen LogP contribution < -0.4 is 5.73 Å². The molecule has 0 spiro atoms. The minimum absolute atomic E-state index is 0.436. The largest absolute Gasteiger partial charge is 0.396 e. The first kappa shape index (κ1) is 10.6. The van der Waals surface area contributed by atoms with Gasteiger partial charge in [0, 0.05) is 0 Å². The van der Waals surface area contributed by atoms with E-state index in [2.05, 4.69) is 20.3 Å². The van der Waals surface area contributed by atoms with Gasteiger partial charge in [0.05, 0.1) is 22.6 Å². The maximum Gasteiger partial charge on any atom is 0.270 e. The number of hydrogen-bond donors (Lipinski definition) is 1. The van der Waals surface area contributed by atoms with Crippen LogP contribution in [0.1, 0.15) is 11.4 Å². The summed E-state index contributed by atoms with van der Waals surface area (Å²) in [6, 6.07) is 7.58. The van der Waals surface area contributed by atoms with Crippen molar-refractivity contribution in [1.29, 1.82) is 0 Å². The number of para-hydroxylation sites is 1. The smallest absolute Gasteiger partial charge is 0.270 e. The van der Waals surface area contributed by atoms with E-state index in [1.54, 1.807) is 4.68 Å². The predicted molar refractivity (Wildman–Crippen MR) is 68.3 cm³/mol. The number of aryl methyl sites for hydroxylation is 1. The van der Waals surface area contributed by atoms with Gasteiger partial charge in [-0.3, -0.25) is 0 Å². The van der Waals surface area contributed by atoms with Crippen molar-refractivity contribution < 1.29 is 0 Å². The van der Waals surface area contributed by atoms with Crippen LogP contribution in [0.4, 0.5) is 5.69 Å². The molecule has 6 nitrogen and oxygen atoms in total. The molecule has 2 aromatic heterocycles. The van der Waals surface area contributed by atoms with Crippen LogP contribution in [0, 0.1) is 13.8 Å². The van der Waals surface area contributed by atoms with Crippen molar-refractivity contribution in [1.82, 2.24) is 25.0 Å². The van der Waals surface area contributed by atoms with Gasteiger partial charge in [0.2, 0.25) is 0 Å². The summed E-state index contributed by atoms with van der Waals surface area (Å²) < 4.78 is 1.62. The van der Waals surface area contributed by atoms with E-state index in [4.69, 9.17) is 5.73 Å². The van der Waals surface area contributed by atoms with Crippen molar-refractivity contribution in [3.05, 3.63) is 35.7 Å². The molecule has 2 heterocycles. The van der Waals surface area contributed by atoms with E-state index in [9.17, 15) is 0 Å². The Bertz CT molecular complexity index is 731. The van der Waals surface area contributed by atoms with Gasteiger partial charge in [0.25, 0.3) is 5.95 Å². The highest BCUT2D eigenvalue weighted by Gasteiger charge is 2.12. The number of anilines is 1. The third-order valence-electron chi connectivity index (χ3n) is 2.89. The summed E-state index contributed by atoms with van der Waals surface area (Å²) in [5.41, 5.74) is 9.69. The van der Waals surface area contributed by atoms with Crippen molar-refractivity contribution in [2.75, 3.05) is 5.73 Å². The highest BCUT2D eigenvalue weighted by atomic mass is 15.4. The molecule has 0 fully saturated rings. The van der Waals surface area contributed by atoms with E-state index in [0.717, 1.165) is 22.4 Å². The zero-order valence-electron chi connectivity index (χ0n) is 10.1. The molecule has 0 saturated heterocycles. The molecule has 0 bridgehead atoms. The molecule has 6 heteroatoms. The van der Waals surface area contributed by atoms with E-state index < -0.39 is 0 Å². The van der Waals surface area contributed by atoms with E-state index in [1.807, 2.05) is 38.1 Å². The van der Waals surface area contributed by atoms with E-state index in [1.165, 1.54) is 0 Å². The fourth-order valence-corrected chi connectivity index (χ4v) is 1.81. The van der Waals surface area contributed by atoms with Crippen molar-refractivity contribution in [3.8, 4) is 5.95 Å². The van der Waals surface area contributed by atoms with Crippen LogP contribution in [0.25, 0.3) is 17.0 Å². The van der Waals surface area contributed by atoms with Crippen LogP contribution in [0.5, 0.6) is 0 Å². The van der Waals surface area contributed by atoms with Crippen molar-refractivity contribution in [2.24, 2.45) is 0 Å². The monoisotopic (exact) mass is 240 g/mol. The molecular weight excluding hydrogens is 228 g/mol. The van der Waals surface area contributed by atoms with Crippen LogP contribution >= 0.6 is 0 Å². The normalized spacial score (nSPS) is 11.0. The number of hydrogen-bond acceptors (Lipinski definition) is 5.